The molecule has 154 valence electrons. The molecule has 4 aliphatic carbocycles. The fourth-order valence-corrected chi connectivity index (χ4v) is 7.17. The Hall–Kier alpha value is -2.61. The van der Waals surface area contributed by atoms with Crippen molar-refractivity contribution in [2.24, 2.45) is 17.8 Å². The van der Waals surface area contributed by atoms with E-state index >= 15 is 0 Å². The first-order valence-electron chi connectivity index (χ1n) is 10.6. The highest BCUT2D eigenvalue weighted by Crippen LogP contribution is 2.61. The van der Waals surface area contributed by atoms with Gasteiger partial charge in [0, 0.05) is 16.5 Å². The summed E-state index contributed by atoms with van der Waals surface area (Å²) in [6, 6.07) is 7.13. The van der Waals surface area contributed by atoms with Crippen LogP contribution >= 0.6 is 11.3 Å². The first-order valence-corrected chi connectivity index (χ1v) is 11.4. The Labute approximate surface area is 178 Å². The van der Waals surface area contributed by atoms with Gasteiger partial charge in [0.1, 0.15) is 5.01 Å². The molecule has 7 rings (SSSR count). The molecule has 0 radical (unpaired) electrons. The van der Waals surface area contributed by atoms with Crippen molar-refractivity contribution in [1.82, 2.24) is 20.3 Å². The molecule has 4 aliphatic rings. The molecule has 0 spiro atoms. The number of carbonyl (C=O) groups is 1. The first-order chi connectivity index (χ1) is 14.6. The lowest BCUT2D eigenvalue weighted by Gasteiger charge is -2.55. The normalized spacial score (nSPS) is 29.3. The third-order valence-corrected chi connectivity index (χ3v) is 8.14. The maximum absolute atomic E-state index is 12.7. The molecule has 4 bridgehead atoms. The van der Waals surface area contributed by atoms with Crippen LogP contribution in [0, 0.1) is 24.7 Å². The van der Waals surface area contributed by atoms with Gasteiger partial charge in [-0.3, -0.25) is 10.1 Å². The fourth-order valence-electron chi connectivity index (χ4n) is 6.21. The lowest BCUT2D eigenvalue weighted by molar-refractivity contribution is -0.00555. The van der Waals surface area contributed by atoms with E-state index in [1.807, 2.05) is 12.1 Å². The highest BCUT2D eigenvalue weighted by Gasteiger charge is 2.53. The molecule has 4 saturated carbocycles. The summed E-state index contributed by atoms with van der Waals surface area (Å²) in [5, 5.41) is 17.3. The van der Waals surface area contributed by atoms with Crippen molar-refractivity contribution < 1.29 is 9.32 Å². The Bertz CT molecular complexity index is 1070. The minimum absolute atomic E-state index is 0.184. The highest BCUT2D eigenvalue weighted by molar-refractivity contribution is 7.15. The molecule has 0 atom stereocenters. The molecular weight excluding hydrogens is 398 g/mol. The Morgan fingerprint density at radius 1 is 1.07 bits per heavy atom. The molecule has 2 heterocycles. The van der Waals surface area contributed by atoms with E-state index in [4.69, 9.17) is 4.52 Å². The molecule has 0 aliphatic heterocycles. The topological polar surface area (TPSA) is 93.8 Å². The third-order valence-electron chi connectivity index (χ3n) is 7.06. The van der Waals surface area contributed by atoms with Crippen LogP contribution in [0.4, 0.5) is 5.13 Å². The van der Waals surface area contributed by atoms with Gasteiger partial charge >= 0.3 is 0 Å². The largest absolute Gasteiger partial charge is 0.334 e. The minimum atomic E-state index is -0.184. The molecular formula is C22H23N5O2S. The van der Waals surface area contributed by atoms with Gasteiger partial charge in [-0.1, -0.05) is 16.5 Å². The monoisotopic (exact) mass is 421 g/mol. The molecule has 30 heavy (non-hydrogen) atoms. The van der Waals surface area contributed by atoms with Gasteiger partial charge in [0.2, 0.25) is 5.13 Å². The minimum Gasteiger partial charge on any atom is -0.334 e. The number of rotatable bonds is 4. The second kappa shape index (κ2) is 6.70. The molecule has 0 saturated heterocycles. The standard InChI is InChI=1S/C22H23N5O2S/c1-12-23-19(29-27-12)17-4-2-16(3-5-17)18(28)24-21-26-25-20(30-21)22-9-13-6-14(10-22)8-15(7-13)11-22/h2-5,13-15H,6-11H2,1H3,(H,24,26,28). The van der Waals surface area contributed by atoms with Gasteiger partial charge in [0.15, 0.2) is 5.82 Å². The molecule has 3 aromatic rings. The molecule has 7 nitrogen and oxygen atoms in total. The van der Waals surface area contributed by atoms with Crippen molar-refractivity contribution in [1.29, 1.82) is 0 Å². The third kappa shape index (κ3) is 3.05. The van der Waals surface area contributed by atoms with E-state index in [9.17, 15) is 4.79 Å². The molecule has 8 heteroatoms. The van der Waals surface area contributed by atoms with Crippen molar-refractivity contribution in [2.75, 3.05) is 5.32 Å². The number of aromatic nitrogens is 4. The van der Waals surface area contributed by atoms with Gasteiger partial charge in [0.05, 0.1) is 0 Å². The number of nitrogens with one attached hydrogen (secondary N) is 1. The lowest BCUT2D eigenvalue weighted by Crippen LogP contribution is -2.48. The van der Waals surface area contributed by atoms with Gasteiger partial charge in [-0.15, -0.1) is 10.2 Å². The van der Waals surface area contributed by atoms with E-state index in [1.54, 1.807) is 30.4 Å². The zero-order valence-corrected chi connectivity index (χ0v) is 17.6. The van der Waals surface area contributed by atoms with Crippen LogP contribution in [0.5, 0.6) is 0 Å². The predicted octanol–water partition coefficient (Wildman–Crippen LogP) is 4.62. The lowest BCUT2D eigenvalue weighted by atomic mass is 9.50. The van der Waals surface area contributed by atoms with Crippen molar-refractivity contribution >= 4 is 22.4 Å². The summed E-state index contributed by atoms with van der Waals surface area (Å²) in [4.78, 5) is 16.9. The Kier molecular flexibility index (Phi) is 4.06. The Balaban J connectivity index is 1.17. The quantitative estimate of drug-likeness (QED) is 0.661. The van der Waals surface area contributed by atoms with E-state index in [2.05, 4.69) is 25.7 Å². The van der Waals surface area contributed by atoms with E-state index in [0.717, 1.165) is 28.3 Å². The summed E-state index contributed by atoms with van der Waals surface area (Å²) in [6.07, 6.45) is 7.96. The molecule has 1 amide bonds. The second-order valence-corrected chi connectivity index (χ2v) is 10.3. The number of carbonyl (C=O) groups excluding carboxylic acids is 1. The van der Waals surface area contributed by atoms with E-state index < -0.39 is 0 Å². The van der Waals surface area contributed by atoms with Crippen LogP contribution in [0.2, 0.25) is 0 Å². The summed E-state index contributed by atoms with van der Waals surface area (Å²) in [6.45, 7) is 1.77. The Morgan fingerprint density at radius 2 is 1.73 bits per heavy atom. The number of aryl methyl sites for hydroxylation is 1. The zero-order chi connectivity index (χ0) is 20.3. The number of anilines is 1. The van der Waals surface area contributed by atoms with Crippen molar-refractivity contribution in [3.8, 4) is 11.5 Å². The van der Waals surface area contributed by atoms with Crippen molar-refractivity contribution in [3.63, 3.8) is 0 Å². The fraction of sp³-hybridized carbons (Fsp3) is 0.500. The van der Waals surface area contributed by atoms with Crippen molar-refractivity contribution in [2.45, 2.75) is 50.9 Å². The second-order valence-electron chi connectivity index (χ2n) is 9.29. The van der Waals surface area contributed by atoms with Crippen LogP contribution in [-0.2, 0) is 5.41 Å². The SMILES string of the molecule is Cc1noc(-c2ccc(C(=O)Nc3nnc(C45CC6CC(CC(C6)C4)C5)s3)cc2)n1. The summed E-state index contributed by atoms with van der Waals surface area (Å²) in [7, 11) is 0. The molecule has 1 N–H and O–H groups in total. The van der Waals surface area contributed by atoms with Gasteiger partial charge in [-0.25, -0.2) is 0 Å². The molecule has 2 aromatic heterocycles. The van der Waals surface area contributed by atoms with Crippen LogP contribution in [0.3, 0.4) is 0 Å². The average molecular weight is 422 g/mol. The molecule has 1 aromatic carbocycles. The number of nitrogens with zero attached hydrogens (tertiary/aromatic N) is 4. The first kappa shape index (κ1) is 18.2. The highest BCUT2D eigenvalue weighted by atomic mass is 32.1. The van der Waals surface area contributed by atoms with E-state index in [-0.39, 0.29) is 11.3 Å². The van der Waals surface area contributed by atoms with Gasteiger partial charge in [0.25, 0.3) is 11.8 Å². The predicted molar refractivity (Wildman–Crippen MR) is 112 cm³/mol. The summed E-state index contributed by atoms with van der Waals surface area (Å²) in [5.41, 5.74) is 1.55. The van der Waals surface area contributed by atoms with E-state index in [1.165, 1.54) is 38.5 Å². The van der Waals surface area contributed by atoms with Crippen LogP contribution in [0.1, 0.15) is 59.7 Å². The number of hydrogen-bond acceptors (Lipinski definition) is 7. The maximum atomic E-state index is 12.7. The summed E-state index contributed by atoms with van der Waals surface area (Å²) < 4.78 is 5.17. The number of hydrogen-bond donors (Lipinski definition) is 1. The molecule has 4 fully saturated rings. The average Bonchev–Trinajstić information content (AvgIpc) is 3.37. The Morgan fingerprint density at radius 3 is 2.33 bits per heavy atom. The summed E-state index contributed by atoms with van der Waals surface area (Å²) >= 11 is 1.56. The van der Waals surface area contributed by atoms with Crippen LogP contribution in [-0.4, -0.2) is 26.2 Å². The van der Waals surface area contributed by atoms with Crippen LogP contribution in [0.15, 0.2) is 28.8 Å². The maximum Gasteiger partial charge on any atom is 0.257 e. The van der Waals surface area contributed by atoms with Gasteiger partial charge in [-0.05, 0) is 87.5 Å². The zero-order valence-electron chi connectivity index (χ0n) is 16.8. The summed E-state index contributed by atoms with van der Waals surface area (Å²) in [5.74, 6) is 3.43. The van der Waals surface area contributed by atoms with Crippen molar-refractivity contribution in [3.05, 3.63) is 40.7 Å². The number of benzene rings is 1. The molecule has 0 unspecified atom stereocenters. The van der Waals surface area contributed by atoms with E-state index in [0.29, 0.717) is 22.4 Å². The van der Waals surface area contributed by atoms with Gasteiger partial charge < -0.3 is 4.52 Å². The van der Waals surface area contributed by atoms with Crippen LogP contribution in [0.25, 0.3) is 11.5 Å². The number of amides is 1. The van der Waals surface area contributed by atoms with Crippen LogP contribution < -0.4 is 5.32 Å². The smallest absolute Gasteiger partial charge is 0.257 e. The van der Waals surface area contributed by atoms with Gasteiger partial charge in [-0.2, -0.15) is 4.98 Å².